The molecular formula is C44H64N6O9. The van der Waals surface area contributed by atoms with Gasteiger partial charge in [0.2, 0.25) is 0 Å². The molecule has 3 aromatic rings. The quantitative estimate of drug-likeness (QED) is 0.132. The molecule has 2 aliphatic rings. The largest absolute Gasteiger partial charge is 0.462 e. The lowest BCUT2D eigenvalue weighted by molar-refractivity contribution is -0.304. The van der Waals surface area contributed by atoms with Crippen molar-refractivity contribution in [2.24, 2.45) is 23.7 Å². The minimum Gasteiger partial charge on any atom is -0.462 e. The van der Waals surface area contributed by atoms with E-state index in [0.717, 1.165) is 22.0 Å². The van der Waals surface area contributed by atoms with Crippen molar-refractivity contribution < 1.29 is 44.2 Å². The number of carbonyl (C=O) groups excluding carboxylic acids is 2. The van der Waals surface area contributed by atoms with Gasteiger partial charge in [-0.2, -0.15) is 0 Å². The van der Waals surface area contributed by atoms with Gasteiger partial charge in [-0.25, -0.2) is 0 Å². The van der Waals surface area contributed by atoms with Gasteiger partial charge in [0.1, 0.15) is 17.9 Å². The Labute approximate surface area is 347 Å². The van der Waals surface area contributed by atoms with Crippen LogP contribution in [0.5, 0.6) is 0 Å². The van der Waals surface area contributed by atoms with Crippen molar-refractivity contribution in [1.82, 2.24) is 30.2 Å². The lowest BCUT2D eigenvalue weighted by Crippen LogP contribution is -2.63. The molecule has 15 nitrogen and oxygen atoms in total. The molecule has 59 heavy (non-hydrogen) atoms. The van der Waals surface area contributed by atoms with Gasteiger partial charge >= 0.3 is 5.97 Å². The van der Waals surface area contributed by atoms with E-state index in [2.05, 4.69) is 20.6 Å². The number of para-hydroxylation sites is 1. The van der Waals surface area contributed by atoms with Gasteiger partial charge in [-0.3, -0.25) is 19.3 Å². The van der Waals surface area contributed by atoms with Gasteiger partial charge < -0.3 is 44.9 Å². The van der Waals surface area contributed by atoms with Crippen LogP contribution >= 0.6 is 0 Å². The van der Waals surface area contributed by atoms with E-state index in [1.165, 1.54) is 6.08 Å². The number of aliphatic hydroxyl groups excluding tert-OH is 4. The minimum atomic E-state index is -1.25. The average molecular weight is 821 g/mol. The molecule has 0 aliphatic carbocycles. The number of benzene rings is 1. The number of nitrogens with one attached hydrogen (secondary N) is 1. The highest BCUT2D eigenvalue weighted by atomic mass is 16.7. The fraction of sp³-hybridized carbons (Fsp3) is 0.614. The van der Waals surface area contributed by atoms with Gasteiger partial charge in [0.25, 0.3) is 0 Å². The molecule has 0 saturated carbocycles. The highest BCUT2D eigenvalue weighted by Gasteiger charge is 2.47. The molecule has 3 unspecified atom stereocenters. The molecule has 1 saturated heterocycles. The number of cyclic esters (lactones) is 1. The zero-order valence-corrected chi connectivity index (χ0v) is 35.4. The molecule has 5 rings (SSSR count). The second-order valence-electron chi connectivity index (χ2n) is 16.5. The summed E-state index contributed by atoms with van der Waals surface area (Å²) in [5, 5.41) is 57.5. The number of rotatable bonds is 12. The number of ether oxygens (including phenoxy) is 3. The van der Waals surface area contributed by atoms with E-state index in [1.807, 2.05) is 57.3 Å². The topological polar surface area (TPSA) is 202 Å². The maximum Gasteiger partial charge on any atom is 0.308 e. The first kappa shape index (κ1) is 46.1. The Balaban J connectivity index is 1.37. The summed E-state index contributed by atoms with van der Waals surface area (Å²) in [5.41, 5.74) is 3.23. The molecule has 324 valence electrons. The Bertz CT molecular complexity index is 1890. The Morgan fingerprint density at radius 3 is 2.54 bits per heavy atom. The molecule has 0 amide bonds. The first-order valence-corrected chi connectivity index (χ1v) is 20.9. The van der Waals surface area contributed by atoms with Crippen LogP contribution < -0.4 is 5.32 Å². The van der Waals surface area contributed by atoms with Crippen molar-refractivity contribution >= 4 is 22.7 Å². The number of ketones is 1. The maximum absolute atomic E-state index is 13.7. The van der Waals surface area contributed by atoms with Crippen molar-refractivity contribution in [3.05, 3.63) is 66.5 Å². The molecule has 2 aliphatic heterocycles. The van der Waals surface area contributed by atoms with E-state index in [0.29, 0.717) is 44.6 Å². The summed E-state index contributed by atoms with van der Waals surface area (Å²) >= 11 is 0. The second kappa shape index (κ2) is 21.5. The van der Waals surface area contributed by atoms with Crippen LogP contribution in [-0.2, 0) is 30.3 Å². The van der Waals surface area contributed by atoms with E-state index in [4.69, 9.17) is 14.2 Å². The van der Waals surface area contributed by atoms with Crippen molar-refractivity contribution in [3.8, 4) is 11.3 Å². The van der Waals surface area contributed by atoms with Crippen molar-refractivity contribution in [2.75, 3.05) is 33.8 Å². The first-order valence-electron chi connectivity index (χ1n) is 20.9. The minimum absolute atomic E-state index is 0.101. The fourth-order valence-electron chi connectivity index (χ4n) is 8.21. The summed E-state index contributed by atoms with van der Waals surface area (Å²) < 4.78 is 20.4. The van der Waals surface area contributed by atoms with E-state index in [9.17, 15) is 30.0 Å². The second-order valence-corrected chi connectivity index (χ2v) is 16.5. The van der Waals surface area contributed by atoms with Crippen LogP contribution in [0.25, 0.3) is 22.2 Å². The number of fused-ring (bicyclic) bond motifs is 1. The number of nitrogens with zero attached hydrogens (tertiary/aromatic N) is 5. The summed E-state index contributed by atoms with van der Waals surface area (Å²) in [4.78, 5) is 33.3. The van der Waals surface area contributed by atoms with Crippen LogP contribution in [-0.4, -0.2) is 140 Å². The highest BCUT2D eigenvalue weighted by Crippen LogP contribution is 2.34. The third kappa shape index (κ3) is 12.1. The molecule has 0 spiro atoms. The summed E-state index contributed by atoms with van der Waals surface area (Å²) in [6, 6.07) is 9.23. The molecule has 4 heterocycles. The lowest BCUT2D eigenvalue weighted by Gasteiger charge is -2.46. The third-order valence-corrected chi connectivity index (χ3v) is 11.8. The van der Waals surface area contributed by atoms with E-state index in [-0.39, 0.29) is 24.7 Å². The number of likely N-dealkylation sites (N-methyl/N-ethyl adjacent to an activating group) is 1. The molecule has 0 radical (unpaired) electrons. The third-order valence-electron chi connectivity index (χ3n) is 11.8. The molecule has 1 aromatic carbocycles. The van der Waals surface area contributed by atoms with Crippen LogP contribution in [0.3, 0.4) is 0 Å². The van der Waals surface area contributed by atoms with Gasteiger partial charge in [0, 0.05) is 41.4 Å². The standard InChI is InChI=1S/C44H64N6O9/c1-8-38-33(25-51)19-26(2)13-14-36(52)27(3)20-31(15-16-45-17-18-50-24-35(47-48-50)32-21-30-11-9-10-12-34(30)46-23-32)43(28(4)37(53)22-39(54)58-38)59-44-42(56)40(49(6)7)41(55)29(5)57-44/h9-14,19,21,23-24,27-29,31,33,37-38,40-45,51,53,55-56H,8,15-18,20,22,25H2,1-7H3/b14-13+,26-19+/t27-,28+,29-,31+,33-,37-,38-,40?,41?,42?,43-,44+/m1/s1. The van der Waals surface area contributed by atoms with Gasteiger partial charge in [-0.15, -0.1) is 5.10 Å². The van der Waals surface area contributed by atoms with Gasteiger partial charge in [-0.05, 0) is 77.9 Å². The van der Waals surface area contributed by atoms with Crippen molar-refractivity contribution in [1.29, 1.82) is 0 Å². The summed E-state index contributed by atoms with van der Waals surface area (Å²) in [7, 11) is 3.52. The molecule has 15 heteroatoms. The van der Waals surface area contributed by atoms with Gasteiger partial charge in [0.05, 0.1) is 61.7 Å². The van der Waals surface area contributed by atoms with Gasteiger partial charge in [-0.1, -0.05) is 61.9 Å². The van der Waals surface area contributed by atoms with Crippen LogP contribution in [0, 0.1) is 23.7 Å². The molecule has 2 aromatic heterocycles. The van der Waals surface area contributed by atoms with Crippen LogP contribution in [0.2, 0.25) is 0 Å². The molecule has 12 atom stereocenters. The summed E-state index contributed by atoms with van der Waals surface area (Å²) in [6.45, 7) is 10.4. The number of pyridine rings is 1. The number of hydrogen-bond donors (Lipinski definition) is 5. The maximum atomic E-state index is 13.7. The zero-order chi connectivity index (χ0) is 42.8. The van der Waals surface area contributed by atoms with Gasteiger partial charge in [0.15, 0.2) is 12.1 Å². The van der Waals surface area contributed by atoms with Crippen LogP contribution in [0.15, 0.2) is 66.5 Å². The number of hydrogen-bond acceptors (Lipinski definition) is 14. The first-order chi connectivity index (χ1) is 28.2. The predicted molar refractivity (Wildman–Crippen MR) is 223 cm³/mol. The number of allylic oxidation sites excluding steroid dienone is 3. The highest BCUT2D eigenvalue weighted by molar-refractivity contribution is 5.91. The molecule has 0 bridgehead atoms. The molecule has 1 fully saturated rings. The number of aromatic nitrogens is 4. The summed E-state index contributed by atoms with van der Waals surface area (Å²) in [5.74, 6) is -2.73. The van der Waals surface area contributed by atoms with Crippen LogP contribution in [0.4, 0.5) is 0 Å². The van der Waals surface area contributed by atoms with E-state index in [1.54, 1.807) is 55.9 Å². The SMILES string of the molecule is CC[C@H]1OC(=O)C[C@@H](O)[C@H](C)[C@@H](O[C@@H]2O[C@H](C)C(O)C(N(C)C)C2O)[C@@H](CCNCCn2cc(-c3cnc4ccccc4c3)nn2)C[C@@H](C)C(=O)/C=C/C(C)=C/[C@@H]1CO. The Hall–Kier alpha value is -3.93. The van der Waals surface area contributed by atoms with Crippen LogP contribution in [0.1, 0.15) is 60.3 Å². The van der Waals surface area contributed by atoms with Crippen molar-refractivity contribution in [2.45, 2.75) is 116 Å². The molecule has 5 N–H and O–H groups in total. The monoisotopic (exact) mass is 820 g/mol. The Morgan fingerprint density at radius 1 is 1.05 bits per heavy atom. The van der Waals surface area contributed by atoms with E-state index >= 15 is 0 Å². The number of carbonyl (C=O) groups is 2. The molecular weight excluding hydrogens is 757 g/mol. The summed E-state index contributed by atoms with van der Waals surface area (Å²) in [6.07, 6.45) is 2.90. The average Bonchev–Trinajstić information content (AvgIpc) is 3.69. The lowest BCUT2D eigenvalue weighted by atomic mass is 9.79. The normalized spacial score (nSPS) is 33.1. The number of aliphatic hydroxyl groups is 4. The number of esters is 1. The van der Waals surface area contributed by atoms with Crippen molar-refractivity contribution in [3.63, 3.8) is 0 Å². The zero-order valence-electron chi connectivity index (χ0n) is 35.4. The fourth-order valence-corrected chi connectivity index (χ4v) is 8.21. The van der Waals surface area contributed by atoms with E-state index < -0.39 is 72.7 Å². The smallest absolute Gasteiger partial charge is 0.308 e. The Morgan fingerprint density at radius 2 is 1.81 bits per heavy atom. The predicted octanol–water partition coefficient (Wildman–Crippen LogP) is 3.30. The Kier molecular flexibility index (Phi) is 16.9.